The molecule has 0 aliphatic carbocycles. The molecule has 3 aromatic carbocycles. The molecule has 0 aliphatic heterocycles. The van der Waals surface area contributed by atoms with Crippen LogP contribution in [0.4, 0.5) is 21.6 Å². The number of hydrogen-bond acceptors (Lipinski definition) is 6. The number of carbonyl (C=O) groups is 1. The van der Waals surface area contributed by atoms with Crippen molar-refractivity contribution in [2.24, 2.45) is 0 Å². The van der Waals surface area contributed by atoms with E-state index in [1.807, 2.05) is 43.3 Å². The van der Waals surface area contributed by atoms with Gasteiger partial charge in [-0.2, -0.15) is 0 Å². The summed E-state index contributed by atoms with van der Waals surface area (Å²) in [6.45, 7) is 0.637. The molecule has 0 radical (unpaired) electrons. The molecule has 7 nitrogen and oxygen atoms in total. The fourth-order valence-corrected chi connectivity index (χ4v) is 3.66. The third-order valence-corrected chi connectivity index (χ3v) is 5.29. The standard InChI is InChI=1S/C27H26FN5O2/c1-33(2)15-7-12-24(34)31-23-14-13-22-26(25(23)18-8-6-9-19(16-18)35-3)27(30-17-29-22)32-21-11-5-4-10-20(21)28/h4-14,16-17H,15H2,1-3H3,(H,31,34)(H,29,30,32)/b12-7+. The maximum absolute atomic E-state index is 14.4. The lowest BCUT2D eigenvalue weighted by molar-refractivity contribution is -0.111. The van der Waals surface area contributed by atoms with E-state index in [2.05, 4.69) is 20.6 Å². The highest BCUT2D eigenvalue weighted by Crippen LogP contribution is 2.40. The number of nitrogens with one attached hydrogen (secondary N) is 2. The fraction of sp³-hybridized carbons (Fsp3) is 0.148. The van der Waals surface area contributed by atoms with Gasteiger partial charge in [-0.3, -0.25) is 4.79 Å². The first-order chi connectivity index (χ1) is 17.0. The summed E-state index contributed by atoms with van der Waals surface area (Å²) in [6.07, 6.45) is 4.71. The van der Waals surface area contributed by atoms with Crippen molar-refractivity contribution in [3.05, 3.63) is 85.0 Å². The van der Waals surface area contributed by atoms with Gasteiger partial charge >= 0.3 is 0 Å². The average Bonchev–Trinajstić information content (AvgIpc) is 2.85. The maximum Gasteiger partial charge on any atom is 0.248 e. The maximum atomic E-state index is 14.4. The van der Waals surface area contributed by atoms with Crippen molar-refractivity contribution in [1.29, 1.82) is 0 Å². The summed E-state index contributed by atoms with van der Waals surface area (Å²) in [5.74, 6) is 0.397. The highest BCUT2D eigenvalue weighted by atomic mass is 19.1. The normalized spacial score (nSPS) is 11.2. The van der Waals surface area contributed by atoms with Gasteiger partial charge in [0.15, 0.2) is 0 Å². The van der Waals surface area contributed by atoms with E-state index < -0.39 is 5.82 Å². The van der Waals surface area contributed by atoms with Crippen LogP contribution in [0.5, 0.6) is 5.75 Å². The zero-order chi connectivity index (χ0) is 24.8. The first-order valence-electron chi connectivity index (χ1n) is 11.0. The molecule has 0 aliphatic rings. The minimum atomic E-state index is -0.405. The quantitative estimate of drug-likeness (QED) is 0.342. The number of benzene rings is 3. The topological polar surface area (TPSA) is 79.4 Å². The van der Waals surface area contributed by atoms with Crippen LogP contribution in [0.3, 0.4) is 0 Å². The highest BCUT2D eigenvalue weighted by molar-refractivity contribution is 6.11. The summed E-state index contributed by atoms with van der Waals surface area (Å²) in [5.41, 5.74) is 2.96. The largest absolute Gasteiger partial charge is 0.497 e. The Kier molecular flexibility index (Phi) is 7.32. The van der Waals surface area contributed by atoms with Crippen LogP contribution < -0.4 is 15.4 Å². The third kappa shape index (κ3) is 5.62. The van der Waals surface area contributed by atoms with E-state index in [4.69, 9.17) is 4.74 Å². The first-order valence-corrected chi connectivity index (χ1v) is 11.0. The monoisotopic (exact) mass is 471 g/mol. The summed E-state index contributed by atoms with van der Waals surface area (Å²) >= 11 is 0. The van der Waals surface area contributed by atoms with E-state index in [0.717, 1.165) is 5.56 Å². The molecular weight excluding hydrogens is 445 g/mol. The lowest BCUT2D eigenvalue weighted by atomic mass is 9.98. The minimum absolute atomic E-state index is 0.268. The van der Waals surface area contributed by atoms with E-state index in [9.17, 15) is 9.18 Å². The number of rotatable bonds is 8. The van der Waals surface area contributed by atoms with Crippen LogP contribution in [0.1, 0.15) is 0 Å². The van der Waals surface area contributed by atoms with Gasteiger partial charge in [-0.1, -0.05) is 30.3 Å². The lowest BCUT2D eigenvalue weighted by Gasteiger charge is -2.17. The molecule has 0 fully saturated rings. The van der Waals surface area contributed by atoms with Gasteiger partial charge in [0.1, 0.15) is 23.7 Å². The number of amides is 1. The molecule has 0 saturated carbocycles. The van der Waals surface area contributed by atoms with E-state index in [0.29, 0.717) is 40.3 Å². The van der Waals surface area contributed by atoms with Gasteiger partial charge in [-0.15, -0.1) is 0 Å². The zero-order valence-electron chi connectivity index (χ0n) is 19.7. The van der Waals surface area contributed by atoms with Crippen LogP contribution in [0.15, 0.2) is 79.1 Å². The van der Waals surface area contributed by atoms with Crippen LogP contribution in [-0.2, 0) is 4.79 Å². The van der Waals surface area contributed by atoms with Crippen LogP contribution in [0.2, 0.25) is 0 Å². The second kappa shape index (κ2) is 10.8. The van der Waals surface area contributed by atoms with Gasteiger partial charge in [-0.25, -0.2) is 14.4 Å². The molecule has 2 N–H and O–H groups in total. The Morgan fingerprint density at radius 1 is 1.06 bits per heavy atom. The van der Waals surface area contributed by atoms with Crippen molar-refractivity contribution < 1.29 is 13.9 Å². The molecule has 0 bridgehead atoms. The first kappa shape index (κ1) is 23.8. The number of nitrogens with zero attached hydrogens (tertiary/aromatic N) is 3. The Morgan fingerprint density at radius 3 is 2.66 bits per heavy atom. The number of halogens is 1. The van der Waals surface area contributed by atoms with Crippen molar-refractivity contribution in [3.8, 4) is 16.9 Å². The summed E-state index contributed by atoms with van der Waals surface area (Å²) in [7, 11) is 5.45. The third-order valence-electron chi connectivity index (χ3n) is 5.29. The lowest BCUT2D eigenvalue weighted by Crippen LogP contribution is -2.13. The van der Waals surface area contributed by atoms with Gasteiger partial charge in [0, 0.05) is 23.9 Å². The minimum Gasteiger partial charge on any atom is -0.497 e. The van der Waals surface area contributed by atoms with Gasteiger partial charge in [0.2, 0.25) is 5.91 Å². The number of likely N-dealkylation sites (N-methyl/N-ethyl adjacent to an activating group) is 1. The zero-order valence-corrected chi connectivity index (χ0v) is 19.7. The fourth-order valence-electron chi connectivity index (χ4n) is 3.66. The molecule has 0 unspecified atom stereocenters. The Bertz CT molecular complexity index is 1390. The van der Waals surface area contributed by atoms with E-state index in [1.165, 1.54) is 18.5 Å². The molecule has 1 aromatic heterocycles. The predicted molar refractivity (Wildman–Crippen MR) is 138 cm³/mol. The van der Waals surface area contributed by atoms with Gasteiger partial charge < -0.3 is 20.3 Å². The van der Waals surface area contributed by atoms with E-state index >= 15 is 0 Å². The molecule has 8 heteroatoms. The smallest absolute Gasteiger partial charge is 0.248 e. The van der Waals surface area contributed by atoms with Gasteiger partial charge in [0.25, 0.3) is 0 Å². The molecular formula is C27H26FN5O2. The van der Waals surface area contributed by atoms with Crippen LogP contribution >= 0.6 is 0 Å². The SMILES string of the molecule is COc1cccc(-c2c(NC(=O)/C=C/CN(C)C)ccc3ncnc(Nc4ccccc4F)c23)c1. The molecule has 178 valence electrons. The van der Waals surface area contributed by atoms with E-state index in [-0.39, 0.29) is 11.6 Å². The molecule has 0 atom stereocenters. The number of fused-ring (bicyclic) bond motifs is 1. The Morgan fingerprint density at radius 2 is 1.89 bits per heavy atom. The Balaban J connectivity index is 1.88. The molecule has 0 spiro atoms. The number of aromatic nitrogens is 2. The van der Waals surface area contributed by atoms with Gasteiger partial charge in [0.05, 0.1) is 23.7 Å². The summed E-state index contributed by atoms with van der Waals surface area (Å²) < 4.78 is 19.9. The second-order valence-corrected chi connectivity index (χ2v) is 8.10. The number of para-hydroxylation sites is 1. The average molecular weight is 472 g/mol. The highest BCUT2D eigenvalue weighted by Gasteiger charge is 2.18. The molecule has 4 rings (SSSR count). The van der Waals surface area contributed by atoms with Crippen molar-refractivity contribution in [2.75, 3.05) is 38.4 Å². The Hall–Kier alpha value is -4.30. The number of methoxy groups -OCH3 is 1. The van der Waals surface area contributed by atoms with Crippen molar-refractivity contribution in [3.63, 3.8) is 0 Å². The van der Waals surface area contributed by atoms with Crippen molar-refractivity contribution >= 4 is 34.0 Å². The summed E-state index contributed by atoms with van der Waals surface area (Å²) in [6, 6.07) is 17.5. The molecule has 0 saturated heterocycles. The Labute approximate surface area is 203 Å². The van der Waals surface area contributed by atoms with Crippen LogP contribution in [0.25, 0.3) is 22.0 Å². The van der Waals surface area contributed by atoms with Gasteiger partial charge in [-0.05, 0) is 56.1 Å². The van der Waals surface area contributed by atoms with Crippen molar-refractivity contribution in [1.82, 2.24) is 14.9 Å². The van der Waals surface area contributed by atoms with Crippen molar-refractivity contribution in [2.45, 2.75) is 0 Å². The second-order valence-electron chi connectivity index (χ2n) is 8.10. The predicted octanol–water partition coefficient (Wildman–Crippen LogP) is 5.24. The summed E-state index contributed by atoms with van der Waals surface area (Å²) in [5, 5.41) is 6.70. The number of carbonyl (C=O) groups excluding carboxylic acids is 1. The molecule has 35 heavy (non-hydrogen) atoms. The number of hydrogen-bond donors (Lipinski definition) is 2. The number of anilines is 3. The summed E-state index contributed by atoms with van der Waals surface area (Å²) in [4.78, 5) is 23.5. The van der Waals surface area contributed by atoms with E-state index in [1.54, 1.807) is 43.5 Å². The molecule has 4 aromatic rings. The van der Waals surface area contributed by atoms with Crippen LogP contribution in [0, 0.1) is 5.82 Å². The molecule has 1 heterocycles. The molecule has 1 amide bonds. The number of ether oxygens (including phenoxy) is 1. The van der Waals surface area contributed by atoms with Crippen LogP contribution in [-0.4, -0.2) is 48.5 Å².